The smallest absolute Gasteiger partial charge is 0.478 e. The van der Waals surface area contributed by atoms with Crippen LogP contribution in [0.1, 0.15) is 79.5 Å². The number of aromatic carboxylic acids is 1. The number of aromatic nitrogens is 3. The molecular formula is C59H53Cl2N7O17. The van der Waals surface area contributed by atoms with E-state index in [1.54, 1.807) is 6.07 Å². The van der Waals surface area contributed by atoms with Gasteiger partial charge in [-0.3, -0.25) is 4.79 Å². The Kier molecular flexibility index (Phi) is 20.4. The van der Waals surface area contributed by atoms with Crippen molar-refractivity contribution in [3.63, 3.8) is 0 Å². The van der Waals surface area contributed by atoms with Crippen molar-refractivity contribution in [3.8, 4) is 22.3 Å². The van der Waals surface area contributed by atoms with Gasteiger partial charge in [-0.2, -0.15) is 10.2 Å². The van der Waals surface area contributed by atoms with E-state index in [1.807, 2.05) is 91.0 Å². The summed E-state index contributed by atoms with van der Waals surface area (Å²) < 4.78 is 29.0. The first-order valence-electron chi connectivity index (χ1n) is 25.8. The summed E-state index contributed by atoms with van der Waals surface area (Å²) in [6.07, 6.45) is -3.41. The zero-order valence-electron chi connectivity index (χ0n) is 45.0. The third kappa shape index (κ3) is 16.8. The van der Waals surface area contributed by atoms with Gasteiger partial charge >= 0.3 is 29.6 Å². The van der Waals surface area contributed by atoms with Gasteiger partial charge in [0.15, 0.2) is 54.7 Å². The van der Waals surface area contributed by atoms with Gasteiger partial charge in [-0.05, 0) is 132 Å². The molecule has 4 heterocycles. The highest BCUT2D eigenvalue weighted by atomic mass is 35.5. The number of fused-ring (bicyclic) bond motifs is 2. The maximum absolute atomic E-state index is 13.2. The van der Waals surface area contributed by atoms with Crippen LogP contribution in [0.4, 0.5) is 5.69 Å². The molecule has 1 aliphatic heterocycles. The number of hydrogen-bond donors (Lipinski definition) is 7. The largest absolute Gasteiger partial charge is 0.519 e. The number of rotatable bonds is 19. The van der Waals surface area contributed by atoms with Crippen LogP contribution in [0, 0.1) is 13.8 Å². The number of carbonyl (C=O) groups is 4. The van der Waals surface area contributed by atoms with Crippen molar-refractivity contribution < 1.29 is 72.0 Å². The summed E-state index contributed by atoms with van der Waals surface area (Å²) in [6, 6.07) is 38.1. The highest BCUT2D eigenvalue weighted by Crippen LogP contribution is 2.34. The number of nitrogens with one attached hydrogen (secondary N) is 1. The van der Waals surface area contributed by atoms with Gasteiger partial charge in [0.1, 0.15) is 11.0 Å². The van der Waals surface area contributed by atoms with Crippen molar-refractivity contribution >= 4 is 63.7 Å². The molecule has 85 heavy (non-hydrogen) atoms. The minimum atomic E-state index is -1.61. The number of carboxylic acid groups (broad SMARTS) is 1. The second-order valence-corrected chi connectivity index (χ2v) is 20.1. The molecule has 1 aliphatic rings. The van der Waals surface area contributed by atoms with Crippen LogP contribution in [0.25, 0.3) is 33.3 Å². The lowest BCUT2D eigenvalue weighted by Crippen LogP contribution is -2.41. The number of aliphatic hydroxyl groups is 3. The average molecular weight is 1200 g/mol. The molecule has 6 aromatic carbocycles. The summed E-state index contributed by atoms with van der Waals surface area (Å²) in [4.78, 5) is 71.1. The number of azo groups is 1. The fourth-order valence-electron chi connectivity index (χ4n) is 8.57. The van der Waals surface area contributed by atoms with Crippen molar-refractivity contribution in [1.29, 1.82) is 0 Å². The number of esters is 2. The Morgan fingerprint density at radius 2 is 1.20 bits per heavy atom. The number of ether oxygens (including phenoxy) is 2. The normalized spacial score (nSPS) is 13.7. The SMILES string of the molecule is Cc1oc(=O)oc1COC(=O)[C@H](O)C[C@@H](Cc1ccc(-c2cccc(Cl)c2)cc1)NC(=O)c1ccc2nnn(O)c2c1.Cc1oc(=O)oc1COC(=O)[C@H](O)C[C@H](N)Cc1ccc(-c2cccc(Cl)c2)cc1.O=C(O)c1ccc2c(c1)C(O)N=N2. The lowest BCUT2D eigenvalue weighted by Gasteiger charge is -2.21. The van der Waals surface area contributed by atoms with Crippen molar-refractivity contribution in [2.75, 3.05) is 0 Å². The first-order valence-corrected chi connectivity index (χ1v) is 26.6. The van der Waals surface area contributed by atoms with Gasteiger partial charge in [-0.25, -0.2) is 24.0 Å². The molecular weight excluding hydrogens is 1150 g/mol. The van der Waals surface area contributed by atoms with Crippen molar-refractivity contribution in [2.24, 2.45) is 16.0 Å². The van der Waals surface area contributed by atoms with Crippen LogP contribution < -0.4 is 22.7 Å². The number of aryl methyl sites for hydroxylation is 2. The van der Waals surface area contributed by atoms with Crippen molar-refractivity contribution in [2.45, 2.75) is 83.3 Å². The van der Waals surface area contributed by atoms with Crippen molar-refractivity contribution in [1.82, 2.24) is 20.5 Å². The Morgan fingerprint density at radius 1 is 0.671 bits per heavy atom. The maximum Gasteiger partial charge on any atom is 0.519 e. The lowest BCUT2D eigenvalue weighted by atomic mass is 9.97. The number of nitrogens with zero attached hydrogens (tertiary/aromatic N) is 5. The van der Waals surface area contributed by atoms with Crippen LogP contribution in [0.15, 0.2) is 171 Å². The van der Waals surface area contributed by atoms with E-state index in [-0.39, 0.29) is 65.6 Å². The molecule has 8 N–H and O–H groups in total. The van der Waals surface area contributed by atoms with E-state index in [4.69, 9.17) is 56.8 Å². The van der Waals surface area contributed by atoms with Crippen LogP contribution in [-0.4, -0.2) is 88.9 Å². The second-order valence-electron chi connectivity index (χ2n) is 19.2. The standard InChI is InChI=1S/C29H25ClN4O8.C22H22ClNO6.C8H6N2O3/c1-16-26(42-29(38)41-16)15-40-28(37)25(35)14-22(31-27(36)20-9-10-23-24(13-20)34(39)33-32-23)11-17-5-7-18(8-6-17)19-3-2-4-21(30)12-19;1-13-20(30-22(27)29-13)12-28-21(26)19(25)11-18(24)9-14-5-7-15(8-6-14)16-3-2-4-17(23)10-16;11-7-5-3-4(8(12)13)1-2-6(5)9-10-7/h2-10,12-13,22,25,35,39H,11,14-15H2,1H3,(H,31,36);2-8,10,18-19,25H,9,11-12,24H2,1H3;1-3,7,11H,(H,12,13)/t22-,25-;18-,19-;/m11./s1. The zero-order valence-corrected chi connectivity index (χ0v) is 46.5. The molecule has 0 saturated heterocycles. The van der Waals surface area contributed by atoms with E-state index in [2.05, 4.69) is 30.3 Å². The fourth-order valence-corrected chi connectivity index (χ4v) is 8.96. The molecule has 0 aliphatic carbocycles. The molecule has 0 bridgehead atoms. The molecule has 0 radical (unpaired) electrons. The van der Waals surface area contributed by atoms with Crippen LogP contribution in [0.5, 0.6) is 0 Å². The van der Waals surface area contributed by atoms with Crippen LogP contribution in [-0.2, 0) is 45.1 Å². The summed E-state index contributed by atoms with van der Waals surface area (Å²) >= 11 is 12.2. The Balaban J connectivity index is 0.000000189. The summed E-state index contributed by atoms with van der Waals surface area (Å²) in [5.74, 6) is -4.63. The van der Waals surface area contributed by atoms with E-state index < -0.39 is 72.6 Å². The Hall–Kier alpha value is -9.56. The predicted molar refractivity (Wildman–Crippen MR) is 303 cm³/mol. The number of benzene rings is 6. The van der Waals surface area contributed by atoms with E-state index in [0.717, 1.165) is 33.4 Å². The number of halogens is 2. The van der Waals surface area contributed by atoms with Crippen molar-refractivity contribution in [3.05, 3.63) is 216 Å². The van der Waals surface area contributed by atoms with Gasteiger partial charge in [0.2, 0.25) is 0 Å². The first kappa shape index (κ1) is 61.5. The predicted octanol–water partition coefficient (Wildman–Crippen LogP) is 8.38. The molecule has 1 unspecified atom stereocenters. The number of carbonyl (C=O) groups excluding carboxylic acids is 3. The highest BCUT2D eigenvalue weighted by Gasteiger charge is 2.27. The minimum absolute atomic E-state index is 0.0261. The number of hydrogen-bond acceptors (Lipinski definition) is 21. The maximum atomic E-state index is 13.2. The number of aliphatic hydroxyl groups excluding tert-OH is 3. The third-order valence-corrected chi connectivity index (χ3v) is 13.5. The molecule has 10 rings (SSSR count). The average Bonchev–Trinajstić information content (AvgIpc) is 4.03. The molecule has 0 spiro atoms. The van der Waals surface area contributed by atoms with Crippen LogP contribution in [0.3, 0.4) is 0 Å². The van der Waals surface area contributed by atoms with Crippen LogP contribution >= 0.6 is 23.2 Å². The van der Waals surface area contributed by atoms with E-state index in [1.165, 1.54) is 50.2 Å². The molecule has 5 atom stereocenters. The summed E-state index contributed by atoms with van der Waals surface area (Å²) in [7, 11) is 0. The molecule has 0 fully saturated rings. The second kappa shape index (κ2) is 28.1. The molecule has 3 aromatic heterocycles. The van der Waals surface area contributed by atoms with Gasteiger partial charge in [-0.15, -0.1) is 5.10 Å². The molecule has 9 aromatic rings. The van der Waals surface area contributed by atoms with E-state index in [9.17, 15) is 49.3 Å². The molecule has 0 saturated carbocycles. The summed E-state index contributed by atoms with van der Waals surface area (Å²) in [5, 5.41) is 67.0. The number of nitrogens with two attached hydrogens (primary N) is 1. The van der Waals surface area contributed by atoms with Crippen LogP contribution in [0.2, 0.25) is 10.0 Å². The minimum Gasteiger partial charge on any atom is -0.478 e. The molecule has 26 heteroatoms. The van der Waals surface area contributed by atoms with Gasteiger partial charge in [0.25, 0.3) is 5.91 Å². The highest BCUT2D eigenvalue weighted by molar-refractivity contribution is 6.31. The number of amides is 1. The first-order chi connectivity index (χ1) is 40.7. The topological polar surface area (TPSA) is 368 Å². The summed E-state index contributed by atoms with van der Waals surface area (Å²) in [5.41, 5.74) is 13.8. The van der Waals surface area contributed by atoms with Gasteiger partial charge in [-0.1, -0.05) is 101 Å². The van der Waals surface area contributed by atoms with Gasteiger partial charge in [0, 0.05) is 39.7 Å². The number of carboxylic acids is 1. The monoisotopic (exact) mass is 1200 g/mol. The third-order valence-electron chi connectivity index (χ3n) is 13.0. The van der Waals surface area contributed by atoms with E-state index >= 15 is 0 Å². The Labute approximate surface area is 491 Å². The molecule has 24 nitrogen and oxygen atoms in total. The quantitative estimate of drug-likeness (QED) is 0.0295. The van der Waals surface area contributed by atoms with Gasteiger partial charge < -0.3 is 63.8 Å². The fraction of sp³-hybridized carbons (Fsp3) is 0.220. The van der Waals surface area contributed by atoms with E-state index in [0.29, 0.717) is 38.1 Å². The summed E-state index contributed by atoms with van der Waals surface area (Å²) in [6.45, 7) is 2.29. The lowest BCUT2D eigenvalue weighted by molar-refractivity contribution is -0.156. The van der Waals surface area contributed by atoms with Gasteiger partial charge in [0.05, 0.1) is 11.3 Å². The molecule has 440 valence electrons. The molecule has 1 amide bonds. The zero-order chi connectivity index (χ0) is 60.9. The Bertz CT molecular complexity index is 3990. The Morgan fingerprint density at radius 3 is 1.72 bits per heavy atom.